The van der Waals surface area contributed by atoms with Crippen LogP contribution >= 0.6 is 11.8 Å². The van der Waals surface area contributed by atoms with E-state index in [1.807, 2.05) is 32.0 Å². The number of carbonyl (C=O) groups is 1. The summed E-state index contributed by atoms with van der Waals surface area (Å²) in [5.41, 5.74) is 2.98. The van der Waals surface area contributed by atoms with Gasteiger partial charge in [-0.15, -0.1) is 0 Å². The number of aryl methyl sites for hydroxylation is 2. The number of anilines is 1. The Bertz CT molecular complexity index is 451. The number of nitrogens with zero attached hydrogens (tertiary/aromatic N) is 1. The van der Waals surface area contributed by atoms with E-state index in [1.54, 1.807) is 11.8 Å². The van der Waals surface area contributed by atoms with E-state index >= 15 is 0 Å². The number of amidine groups is 1. The summed E-state index contributed by atoms with van der Waals surface area (Å²) in [6.07, 6.45) is 0. The highest BCUT2D eigenvalue weighted by Gasteiger charge is 2.12. The molecular weight excluding hydrogens is 234 g/mol. The summed E-state index contributed by atoms with van der Waals surface area (Å²) in [7, 11) is 0. The van der Waals surface area contributed by atoms with Gasteiger partial charge in [-0.25, -0.2) is 4.79 Å². The Hall–Kier alpha value is -1.49. The normalized spacial score (nSPS) is 14.4. The Morgan fingerprint density at radius 2 is 2.00 bits per heavy atom. The maximum Gasteiger partial charge on any atom is 0.325 e. The van der Waals surface area contributed by atoms with Crippen molar-refractivity contribution in [2.75, 3.05) is 17.6 Å². The van der Waals surface area contributed by atoms with Gasteiger partial charge in [0.1, 0.15) is 0 Å². The van der Waals surface area contributed by atoms with Crippen molar-refractivity contribution in [2.45, 2.75) is 13.8 Å². The van der Waals surface area contributed by atoms with Crippen LogP contribution < -0.4 is 10.6 Å². The van der Waals surface area contributed by atoms with Crippen LogP contribution in [0.1, 0.15) is 11.1 Å². The van der Waals surface area contributed by atoms with E-state index in [0.717, 1.165) is 29.1 Å². The third kappa shape index (κ3) is 3.00. The van der Waals surface area contributed by atoms with Crippen LogP contribution in [0.3, 0.4) is 0 Å². The van der Waals surface area contributed by atoms with E-state index in [2.05, 4.69) is 15.6 Å². The van der Waals surface area contributed by atoms with Gasteiger partial charge < -0.3 is 5.32 Å². The molecule has 0 saturated carbocycles. The minimum absolute atomic E-state index is 0.226. The fourth-order valence-electron chi connectivity index (χ4n) is 1.66. The molecule has 1 aromatic rings. The van der Waals surface area contributed by atoms with Crippen molar-refractivity contribution in [3.63, 3.8) is 0 Å². The second-order valence-electron chi connectivity index (χ2n) is 3.88. The molecule has 0 atom stereocenters. The highest BCUT2D eigenvalue weighted by atomic mass is 32.2. The standard InChI is InChI=1S/C12H15N3OS/c1-8-4-3-5-9(2)10(8)14-11(16)15-12-13-6-7-17-12/h3-5H,6-7H2,1-2H3,(H2,13,14,15,16). The van der Waals surface area contributed by atoms with Gasteiger partial charge in [0.25, 0.3) is 0 Å². The summed E-state index contributed by atoms with van der Waals surface area (Å²) in [4.78, 5) is 15.9. The molecule has 90 valence electrons. The number of rotatable bonds is 1. The van der Waals surface area contributed by atoms with Gasteiger partial charge in [0.2, 0.25) is 0 Å². The predicted molar refractivity (Wildman–Crippen MR) is 72.8 cm³/mol. The average molecular weight is 249 g/mol. The number of nitrogens with one attached hydrogen (secondary N) is 2. The number of urea groups is 1. The van der Waals surface area contributed by atoms with Crippen LogP contribution in [-0.4, -0.2) is 23.5 Å². The van der Waals surface area contributed by atoms with Crippen molar-refractivity contribution in [2.24, 2.45) is 4.99 Å². The largest absolute Gasteiger partial charge is 0.325 e. The Morgan fingerprint density at radius 3 is 2.59 bits per heavy atom. The molecule has 0 fully saturated rings. The second kappa shape index (κ2) is 5.23. The molecule has 0 aliphatic carbocycles. The smallest absolute Gasteiger partial charge is 0.307 e. The van der Waals surface area contributed by atoms with Crippen molar-refractivity contribution >= 4 is 28.6 Å². The van der Waals surface area contributed by atoms with Crippen molar-refractivity contribution < 1.29 is 4.79 Å². The molecule has 0 radical (unpaired) electrons. The molecule has 4 nitrogen and oxygen atoms in total. The van der Waals surface area contributed by atoms with Crippen LogP contribution in [0.2, 0.25) is 0 Å². The van der Waals surface area contributed by atoms with Gasteiger partial charge in [0, 0.05) is 11.4 Å². The van der Waals surface area contributed by atoms with Crippen molar-refractivity contribution in [1.29, 1.82) is 0 Å². The van der Waals surface area contributed by atoms with Crippen molar-refractivity contribution in [3.05, 3.63) is 29.3 Å². The topological polar surface area (TPSA) is 53.5 Å². The SMILES string of the molecule is Cc1cccc(C)c1NC(=O)NC1=NCCS1. The lowest BCUT2D eigenvalue weighted by molar-refractivity contribution is 0.256. The van der Waals surface area contributed by atoms with E-state index in [0.29, 0.717) is 5.17 Å². The van der Waals surface area contributed by atoms with Crippen LogP contribution in [-0.2, 0) is 0 Å². The first-order valence-electron chi connectivity index (χ1n) is 5.48. The summed E-state index contributed by atoms with van der Waals surface area (Å²) in [6.45, 7) is 4.73. The number of amides is 2. The van der Waals surface area contributed by atoms with E-state index in [9.17, 15) is 4.79 Å². The van der Waals surface area contributed by atoms with Gasteiger partial charge in [-0.3, -0.25) is 10.3 Å². The summed E-state index contributed by atoms with van der Waals surface area (Å²) >= 11 is 1.57. The Balaban J connectivity index is 2.02. The monoisotopic (exact) mass is 249 g/mol. The van der Waals surface area contributed by atoms with Crippen LogP contribution in [0.5, 0.6) is 0 Å². The molecule has 1 heterocycles. The molecule has 0 saturated heterocycles. The number of thioether (sulfide) groups is 1. The summed E-state index contributed by atoms with van der Waals surface area (Å²) in [5, 5.41) is 6.31. The summed E-state index contributed by atoms with van der Waals surface area (Å²) < 4.78 is 0. The summed E-state index contributed by atoms with van der Waals surface area (Å²) in [5.74, 6) is 0.943. The Labute approximate surface area is 105 Å². The third-order valence-electron chi connectivity index (χ3n) is 2.53. The maximum absolute atomic E-state index is 11.8. The van der Waals surface area contributed by atoms with Crippen molar-refractivity contribution in [1.82, 2.24) is 5.32 Å². The number of carbonyl (C=O) groups excluding carboxylic acids is 1. The molecule has 1 aliphatic rings. The molecule has 2 N–H and O–H groups in total. The number of hydrogen-bond acceptors (Lipinski definition) is 3. The van der Waals surface area contributed by atoms with E-state index in [1.165, 1.54) is 0 Å². The number of hydrogen-bond donors (Lipinski definition) is 2. The van der Waals surface area contributed by atoms with E-state index in [4.69, 9.17) is 0 Å². The fourth-order valence-corrected chi connectivity index (χ4v) is 2.39. The number of para-hydroxylation sites is 1. The molecule has 1 aliphatic heterocycles. The van der Waals surface area contributed by atoms with E-state index < -0.39 is 0 Å². The van der Waals surface area contributed by atoms with Crippen LogP contribution in [0.15, 0.2) is 23.2 Å². The molecule has 0 spiro atoms. The molecule has 0 unspecified atom stereocenters. The van der Waals surface area contributed by atoms with Gasteiger partial charge in [-0.05, 0) is 25.0 Å². The Kier molecular flexibility index (Phi) is 3.68. The maximum atomic E-state index is 11.8. The Morgan fingerprint density at radius 1 is 1.29 bits per heavy atom. The minimum Gasteiger partial charge on any atom is -0.307 e. The van der Waals surface area contributed by atoms with Gasteiger partial charge in [0.15, 0.2) is 5.17 Å². The first kappa shape index (κ1) is 12.0. The number of aliphatic imine (C=N–C) groups is 1. The molecular formula is C12H15N3OS. The van der Waals surface area contributed by atoms with Gasteiger partial charge in [-0.1, -0.05) is 30.0 Å². The lowest BCUT2D eigenvalue weighted by Gasteiger charge is -2.11. The minimum atomic E-state index is -0.226. The van der Waals surface area contributed by atoms with Gasteiger partial charge in [-0.2, -0.15) is 0 Å². The van der Waals surface area contributed by atoms with Gasteiger partial charge in [0.05, 0.1) is 6.54 Å². The predicted octanol–water partition coefficient (Wildman–Crippen LogP) is 2.53. The number of benzene rings is 1. The summed E-state index contributed by atoms with van der Waals surface area (Å²) in [6, 6.07) is 5.70. The first-order chi connectivity index (χ1) is 8.16. The molecule has 0 aromatic heterocycles. The van der Waals surface area contributed by atoms with Crippen LogP contribution in [0.4, 0.5) is 10.5 Å². The molecule has 17 heavy (non-hydrogen) atoms. The fraction of sp³-hybridized carbons (Fsp3) is 0.333. The van der Waals surface area contributed by atoms with E-state index in [-0.39, 0.29) is 6.03 Å². The molecule has 2 amide bonds. The molecule has 2 rings (SSSR count). The first-order valence-corrected chi connectivity index (χ1v) is 6.47. The lowest BCUT2D eigenvalue weighted by atomic mass is 10.1. The van der Waals surface area contributed by atoms with Crippen LogP contribution in [0, 0.1) is 13.8 Å². The molecule has 5 heteroatoms. The quantitative estimate of drug-likeness (QED) is 0.803. The highest BCUT2D eigenvalue weighted by Crippen LogP contribution is 2.19. The van der Waals surface area contributed by atoms with Crippen LogP contribution in [0.25, 0.3) is 0 Å². The molecule has 1 aromatic carbocycles. The van der Waals surface area contributed by atoms with Gasteiger partial charge >= 0.3 is 6.03 Å². The highest BCUT2D eigenvalue weighted by molar-refractivity contribution is 8.14. The van der Waals surface area contributed by atoms with Crippen molar-refractivity contribution in [3.8, 4) is 0 Å². The second-order valence-corrected chi connectivity index (χ2v) is 4.96. The average Bonchev–Trinajstić information content (AvgIpc) is 2.76. The molecule has 0 bridgehead atoms. The zero-order chi connectivity index (χ0) is 12.3. The zero-order valence-electron chi connectivity index (χ0n) is 9.91. The zero-order valence-corrected chi connectivity index (χ0v) is 10.7. The third-order valence-corrected chi connectivity index (χ3v) is 3.42. The lowest BCUT2D eigenvalue weighted by Crippen LogP contribution is -2.32.